The fourth-order valence-corrected chi connectivity index (χ4v) is 2.50. The molecular formula is C17H19N5O. The summed E-state index contributed by atoms with van der Waals surface area (Å²) < 4.78 is 1.72. The summed E-state index contributed by atoms with van der Waals surface area (Å²) >= 11 is 0. The third-order valence-electron chi connectivity index (χ3n) is 3.85. The van der Waals surface area contributed by atoms with Crippen LogP contribution in [0.25, 0.3) is 10.9 Å². The number of aromatic nitrogens is 4. The van der Waals surface area contributed by atoms with Crippen LogP contribution in [0.2, 0.25) is 0 Å². The maximum atomic E-state index is 12.5. The van der Waals surface area contributed by atoms with Crippen LogP contribution in [0.3, 0.4) is 0 Å². The third kappa shape index (κ3) is 3.21. The number of carbonyl (C=O) groups excluding carboxylic acids is 1. The van der Waals surface area contributed by atoms with Gasteiger partial charge >= 0.3 is 0 Å². The molecule has 1 atom stereocenters. The van der Waals surface area contributed by atoms with Crippen molar-refractivity contribution in [1.29, 1.82) is 0 Å². The summed E-state index contributed by atoms with van der Waals surface area (Å²) in [4.78, 5) is 20.9. The quantitative estimate of drug-likeness (QED) is 0.803. The zero-order valence-corrected chi connectivity index (χ0v) is 13.4. The first kappa shape index (κ1) is 15.1. The molecule has 0 spiro atoms. The van der Waals surface area contributed by atoms with E-state index in [9.17, 15) is 4.79 Å². The van der Waals surface area contributed by atoms with Crippen LogP contribution in [-0.4, -0.2) is 32.2 Å². The van der Waals surface area contributed by atoms with E-state index in [0.29, 0.717) is 12.1 Å². The Morgan fingerprint density at radius 2 is 2.13 bits per heavy atom. The fraction of sp³-hybridized carbons (Fsp3) is 0.294. The molecule has 1 N–H and O–H groups in total. The van der Waals surface area contributed by atoms with E-state index in [2.05, 4.69) is 20.4 Å². The van der Waals surface area contributed by atoms with E-state index in [4.69, 9.17) is 0 Å². The summed E-state index contributed by atoms with van der Waals surface area (Å²) in [7, 11) is 0. The summed E-state index contributed by atoms with van der Waals surface area (Å²) in [5.41, 5.74) is 3.39. The van der Waals surface area contributed by atoms with Gasteiger partial charge in [0.1, 0.15) is 12.7 Å². The Morgan fingerprint density at radius 1 is 1.30 bits per heavy atom. The number of nitrogens with one attached hydrogen (secondary N) is 1. The lowest BCUT2D eigenvalue weighted by molar-refractivity contribution is 0.0947. The molecule has 2 heterocycles. The first-order valence-corrected chi connectivity index (χ1v) is 7.55. The van der Waals surface area contributed by atoms with Crippen LogP contribution < -0.4 is 5.32 Å². The van der Waals surface area contributed by atoms with Gasteiger partial charge in [0.2, 0.25) is 0 Å². The van der Waals surface area contributed by atoms with Crippen LogP contribution in [-0.2, 0) is 0 Å². The average Bonchev–Trinajstić information content (AvgIpc) is 3.06. The number of benzene rings is 1. The molecule has 3 rings (SSSR count). The predicted molar refractivity (Wildman–Crippen MR) is 88.3 cm³/mol. The van der Waals surface area contributed by atoms with Crippen molar-refractivity contribution in [3.63, 3.8) is 0 Å². The smallest absolute Gasteiger partial charge is 0.253 e. The maximum Gasteiger partial charge on any atom is 0.253 e. The molecule has 0 saturated heterocycles. The van der Waals surface area contributed by atoms with E-state index in [1.54, 1.807) is 11.0 Å². The van der Waals surface area contributed by atoms with Crippen LogP contribution in [0.1, 0.15) is 34.6 Å². The molecule has 1 aromatic carbocycles. The van der Waals surface area contributed by atoms with Gasteiger partial charge in [0.05, 0.1) is 22.8 Å². The summed E-state index contributed by atoms with van der Waals surface area (Å²) in [5.74, 6) is -0.120. The molecule has 1 amide bonds. The SMILES string of the molecule is Cc1ccc2nc(C)c(C(=O)NCC(C)n3cncn3)cc2c1. The number of pyridine rings is 1. The van der Waals surface area contributed by atoms with E-state index in [1.165, 1.54) is 6.33 Å². The minimum absolute atomic E-state index is 0.0393. The van der Waals surface area contributed by atoms with Gasteiger partial charge in [0.25, 0.3) is 5.91 Å². The highest BCUT2D eigenvalue weighted by Crippen LogP contribution is 2.18. The molecule has 118 valence electrons. The van der Waals surface area contributed by atoms with E-state index < -0.39 is 0 Å². The van der Waals surface area contributed by atoms with Crippen LogP contribution in [0.15, 0.2) is 36.9 Å². The van der Waals surface area contributed by atoms with Gasteiger partial charge < -0.3 is 5.32 Å². The van der Waals surface area contributed by atoms with Crippen molar-refractivity contribution in [2.24, 2.45) is 0 Å². The molecule has 0 aliphatic carbocycles. The standard InChI is InChI=1S/C17H19N5O/c1-11-4-5-16-14(6-11)7-15(13(3)21-16)17(23)19-8-12(2)22-10-18-9-20-22/h4-7,9-10,12H,8H2,1-3H3,(H,19,23). The molecule has 0 aliphatic rings. The minimum atomic E-state index is -0.120. The molecule has 23 heavy (non-hydrogen) atoms. The van der Waals surface area contributed by atoms with Gasteiger partial charge in [-0.2, -0.15) is 5.10 Å². The second-order valence-corrected chi connectivity index (χ2v) is 5.75. The Bertz CT molecular complexity index is 842. The first-order valence-electron chi connectivity index (χ1n) is 7.55. The van der Waals surface area contributed by atoms with Crippen LogP contribution >= 0.6 is 0 Å². The minimum Gasteiger partial charge on any atom is -0.350 e. The Labute approximate surface area is 134 Å². The normalized spacial score (nSPS) is 12.3. The molecule has 6 nitrogen and oxygen atoms in total. The van der Waals surface area contributed by atoms with Crippen molar-refractivity contribution in [3.05, 3.63) is 53.7 Å². The molecule has 0 bridgehead atoms. The highest BCUT2D eigenvalue weighted by Gasteiger charge is 2.13. The lowest BCUT2D eigenvalue weighted by Gasteiger charge is -2.13. The summed E-state index contributed by atoms with van der Waals surface area (Å²) in [6.07, 6.45) is 3.13. The third-order valence-corrected chi connectivity index (χ3v) is 3.85. The van der Waals surface area contributed by atoms with Gasteiger partial charge in [-0.05, 0) is 39.0 Å². The van der Waals surface area contributed by atoms with Crippen LogP contribution in [0.4, 0.5) is 0 Å². The molecular weight excluding hydrogens is 290 g/mol. The molecule has 2 aromatic heterocycles. The molecule has 0 saturated carbocycles. The average molecular weight is 309 g/mol. The van der Waals surface area contributed by atoms with E-state index in [-0.39, 0.29) is 11.9 Å². The van der Waals surface area contributed by atoms with Crippen molar-refractivity contribution in [2.75, 3.05) is 6.54 Å². The number of aryl methyl sites for hydroxylation is 2. The lowest BCUT2D eigenvalue weighted by Crippen LogP contribution is -2.30. The van der Waals surface area contributed by atoms with Gasteiger partial charge in [0, 0.05) is 11.9 Å². The molecule has 0 aliphatic heterocycles. The zero-order chi connectivity index (χ0) is 16.4. The van der Waals surface area contributed by atoms with Gasteiger partial charge in [-0.15, -0.1) is 0 Å². The summed E-state index contributed by atoms with van der Waals surface area (Å²) in [6, 6.07) is 7.98. The van der Waals surface area contributed by atoms with Crippen LogP contribution in [0.5, 0.6) is 0 Å². The zero-order valence-electron chi connectivity index (χ0n) is 13.4. The highest BCUT2D eigenvalue weighted by molar-refractivity contribution is 5.98. The number of carbonyl (C=O) groups is 1. The second-order valence-electron chi connectivity index (χ2n) is 5.75. The van der Waals surface area contributed by atoms with Crippen molar-refractivity contribution < 1.29 is 4.79 Å². The highest BCUT2D eigenvalue weighted by atomic mass is 16.1. The molecule has 0 radical (unpaired) electrons. The first-order chi connectivity index (χ1) is 11.0. The van der Waals surface area contributed by atoms with Gasteiger partial charge in [-0.1, -0.05) is 11.6 Å². The molecule has 6 heteroatoms. The molecule has 3 aromatic rings. The van der Waals surface area contributed by atoms with Crippen molar-refractivity contribution in [2.45, 2.75) is 26.8 Å². The second kappa shape index (κ2) is 6.16. The monoisotopic (exact) mass is 309 g/mol. The van der Waals surface area contributed by atoms with Crippen molar-refractivity contribution in [3.8, 4) is 0 Å². The van der Waals surface area contributed by atoms with Gasteiger partial charge in [-0.25, -0.2) is 9.67 Å². The number of hydrogen-bond donors (Lipinski definition) is 1. The number of nitrogens with zero attached hydrogens (tertiary/aromatic N) is 4. The Balaban J connectivity index is 1.79. The number of fused-ring (bicyclic) bond motifs is 1. The van der Waals surface area contributed by atoms with E-state index >= 15 is 0 Å². The van der Waals surface area contributed by atoms with Crippen molar-refractivity contribution in [1.82, 2.24) is 25.1 Å². The topological polar surface area (TPSA) is 72.7 Å². The van der Waals surface area contributed by atoms with E-state index in [1.807, 2.05) is 45.0 Å². The Morgan fingerprint density at radius 3 is 2.87 bits per heavy atom. The Kier molecular flexibility index (Phi) is 4.06. The van der Waals surface area contributed by atoms with Crippen LogP contribution in [0, 0.1) is 13.8 Å². The molecule has 1 unspecified atom stereocenters. The largest absolute Gasteiger partial charge is 0.350 e. The molecule has 0 fully saturated rings. The number of amides is 1. The lowest BCUT2D eigenvalue weighted by atomic mass is 10.1. The number of rotatable bonds is 4. The fourth-order valence-electron chi connectivity index (χ4n) is 2.50. The van der Waals surface area contributed by atoms with Crippen molar-refractivity contribution >= 4 is 16.8 Å². The Hall–Kier alpha value is -2.76. The predicted octanol–water partition coefficient (Wildman–Crippen LogP) is 2.43. The summed E-state index contributed by atoms with van der Waals surface area (Å²) in [6.45, 7) is 6.34. The maximum absolute atomic E-state index is 12.5. The van der Waals surface area contributed by atoms with Gasteiger partial charge in [-0.3, -0.25) is 9.78 Å². The summed E-state index contributed by atoms with van der Waals surface area (Å²) in [5, 5.41) is 7.99. The van der Waals surface area contributed by atoms with E-state index in [0.717, 1.165) is 22.2 Å². The number of hydrogen-bond acceptors (Lipinski definition) is 4. The van der Waals surface area contributed by atoms with Gasteiger partial charge in [0.15, 0.2) is 0 Å².